The molecule has 2 amide bonds. The topological polar surface area (TPSA) is 49.9 Å². The van der Waals surface area contributed by atoms with E-state index in [1.807, 2.05) is 9.80 Å². The van der Waals surface area contributed by atoms with Gasteiger partial charge in [-0.3, -0.25) is 9.59 Å². The lowest BCUT2D eigenvalue weighted by molar-refractivity contribution is -0.135. The van der Waals surface area contributed by atoms with Gasteiger partial charge >= 0.3 is 0 Å². The predicted octanol–water partition coefficient (Wildman–Crippen LogP) is 0.638. The van der Waals surface area contributed by atoms with Gasteiger partial charge < -0.3 is 14.5 Å². The Morgan fingerprint density at radius 1 is 0.833 bits per heavy atom. The van der Waals surface area contributed by atoms with Gasteiger partial charge in [0.25, 0.3) is 0 Å². The van der Waals surface area contributed by atoms with Crippen molar-refractivity contribution in [3.63, 3.8) is 0 Å². The smallest absolute Gasteiger partial charge is 0.222 e. The maximum Gasteiger partial charge on any atom is 0.222 e. The first-order valence-electron chi connectivity index (χ1n) is 6.90. The average molecular weight is 254 g/mol. The van der Waals surface area contributed by atoms with Gasteiger partial charge in [0, 0.05) is 39.0 Å². The number of carbonyl (C=O) groups is 2. The lowest BCUT2D eigenvalue weighted by Crippen LogP contribution is -2.40. The molecule has 0 saturated carbocycles. The Morgan fingerprint density at radius 3 is 1.89 bits per heavy atom. The van der Waals surface area contributed by atoms with Crippen LogP contribution in [0.1, 0.15) is 32.1 Å². The summed E-state index contributed by atoms with van der Waals surface area (Å²) >= 11 is 0. The van der Waals surface area contributed by atoms with Crippen molar-refractivity contribution in [2.45, 2.75) is 32.1 Å². The highest BCUT2D eigenvalue weighted by molar-refractivity contribution is 5.79. The van der Waals surface area contributed by atoms with Crippen molar-refractivity contribution in [3.05, 3.63) is 0 Å². The van der Waals surface area contributed by atoms with Crippen molar-refractivity contribution in [2.75, 3.05) is 39.4 Å². The van der Waals surface area contributed by atoms with E-state index in [2.05, 4.69) is 0 Å². The predicted molar refractivity (Wildman–Crippen MR) is 67.1 cm³/mol. The number of ether oxygens (including phenoxy) is 1. The van der Waals surface area contributed by atoms with E-state index in [1.54, 1.807) is 0 Å². The van der Waals surface area contributed by atoms with Crippen LogP contribution in [0.15, 0.2) is 0 Å². The van der Waals surface area contributed by atoms with Gasteiger partial charge in [-0.05, 0) is 19.3 Å². The van der Waals surface area contributed by atoms with Crippen LogP contribution in [0.4, 0.5) is 0 Å². The number of likely N-dealkylation sites (tertiary alicyclic amines) is 1. The van der Waals surface area contributed by atoms with Crippen LogP contribution in [0.5, 0.6) is 0 Å². The van der Waals surface area contributed by atoms with Crippen LogP contribution in [0, 0.1) is 0 Å². The molecule has 102 valence electrons. The number of amides is 2. The summed E-state index contributed by atoms with van der Waals surface area (Å²) in [5, 5.41) is 0. The first kappa shape index (κ1) is 13.3. The Balaban J connectivity index is 1.62. The zero-order chi connectivity index (χ0) is 12.8. The molecule has 0 N–H and O–H groups in total. The van der Waals surface area contributed by atoms with E-state index in [0.29, 0.717) is 45.6 Å². The van der Waals surface area contributed by atoms with Gasteiger partial charge in [-0.15, -0.1) is 0 Å². The van der Waals surface area contributed by atoms with Crippen molar-refractivity contribution in [1.82, 2.24) is 9.80 Å². The van der Waals surface area contributed by atoms with Crippen LogP contribution < -0.4 is 0 Å². The fourth-order valence-corrected chi connectivity index (χ4v) is 2.49. The minimum atomic E-state index is 0.160. The molecule has 2 fully saturated rings. The zero-order valence-electron chi connectivity index (χ0n) is 10.9. The molecule has 5 heteroatoms. The third-order valence-electron chi connectivity index (χ3n) is 3.60. The number of hydrogen-bond donors (Lipinski definition) is 0. The van der Waals surface area contributed by atoms with Crippen LogP contribution in [-0.4, -0.2) is 61.0 Å². The number of hydrogen-bond acceptors (Lipinski definition) is 3. The highest BCUT2D eigenvalue weighted by Gasteiger charge is 2.19. The zero-order valence-corrected chi connectivity index (χ0v) is 10.9. The molecular weight excluding hydrogens is 232 g/mol. The molecule has 2 heterocycles. The van der Waals surface area contributed by atoms with Crippen LogP contribution in [0.2, 0.25) is 0 Å². The third-order valence-corrected chi connectivity index (χ3v) is 3.60. The molecule has 0 spiro atoms. The Labute approximate surface area is 108 Å². The van der Waals surface area contributed by atoms with Gasteiger partial charge in [0.05, 0.1) is 13.2 Å². The normalized spacial score (nSPS) is 20.2. The second-order valence-electron chi connectivity index (χ2n) is 4.93. The second-order valence-corrected chi connectivity index (χ2v) is 4.93. The summed E-state index contributed by atoms with van der Waals surface area (Å²) in [5.74, 6) is 0.370. The van der Waals surface area contributed by atoms with Crippen molar-refractivity contribution in [1.29, 1.82) is 0 Å². The molecule has 2 aliphatic rings. The SMILES string of the molecule is O=C(CCCC(=O)N1CCOCC1)N1CCCC1. The maximum absolute atomic E-state index is 11.8. The van der Waals surface area contributed by atoms with E-state index in [1.165, 1.54) is 0 Å². The summed E-state index contributed by atoms with van der Waals surface area (Å²) in [5.41, 5.74) is 0. The Hall–Kier alpha value is -1.10. The summed E-state index contributed by atoms with van der Waals surface area (Å²) < 4.78 is 5.21. The summed E-state index contributed by atoms with van der Waals surface area (Å²) in [6.45, 7) is 4.46. The number of carbonyl (C=O) groups excluding carboxylic acids is 2. The van der Waals surface area contributed by atoms with E-state index < -0.39 is 0 Å². The average Bonchev–Trinajstić information content (AvgIpc) is 2.93. The van der Waals surface area contributed by atoms with Crippen molar-refractivity contribution >= 4 is 11.8 Å². The molecule has 0 bridgehead atoms. The monoisotopic (exact) mass is 254 g/mol. The van der Waals surface area contributed by atoms with E-state index >= 15 is 0 Å². The molecule has 0 aromatic carbocycles. The maximum atomic E-state index is 11.8. The van der Waals surface area contributed by atoms with E-state index in [-0.39, 0.29) is 11.8 Å². The minimum Gasteiger partial charge on any atom is -0.378 e. The lowest BCUT2D eigenvalue weighted by atomic mass is 10.2. The largest absolute Gasteiger partial charge is 0.378 e. The molecule has 2 saturated heterocycles. The molecule has 0 aliphatic carbocycles. The van der Waals surface area contributed by atoms with Gasteiger partial charge in [-0.25, -0.2) is 0 Å². The van der Waals surface area contributed by atoms with Crippen LogP contribution >= 0.6 is 0 Å². The van der Waals surface area contributed by atoms with Crippen molar-refractivity contribution in [2.24, 2.45) is 0 Å². The second kappa shape index (κ2) is 6.73. The molecule has 18 heavy (non-hydrogen) atoms. The fraction of sp³-hybridized carbons (Fsp3) is 0.846. The van der Waals surface area contributed by atoms with Crippen molar-refractivity contribution < 1.29 is 14.3 Å². The fourth-order valence-electron chi connectivity index (χ4n) is 2.49. The van der Waals surface area contributed by atoms with Gasteiger partial charge in [-0.2, -0.15) is 0 Å². The van der Waals surface area contributed by atoms with Gasteiger partial charge in [0.1, 0.15) is 0 Å². The van der Waals surface area contributed by atoms with Crippen LogP contribution in [0.3, 0.4) is 0 Å². The molecule has 2 aliphatic heterocycles. The molecule has 0 aromatic heterocycles. The number of nitrogens with zero attached hydrogens (tertiary/aromatic N) is 2. The summed E-state index contributed by atoms with van der Waals surface area (Å²) in [4.78, 5) is 27.4. The molecular formula is C13H22N2O3. The van der Waals surface area contributed by atoms with Gasteiger partial charge in [0.2, 0.25) is 11.8 Å². The molecule has 0 unspecified atom stereocenters. The summed E-state index contributed by atoms with van der Waals surface area (Å²) in [6.07, 6.45) is 3.91. The minimum absolute atomic E-state index is 0.160. The van der Waals surface area contributed by atoms with E-state index in [4.69, 9.17) is 4.74 Å². The molecule has 2 rings (SSSR count). The highest BCUT2D eigenvalue weighted by atomic mass is 16.5. The van der Waals surface area contributed by atoms with Crippen LogP contribution in [-0.2, 0) is 14.3 Å². The molecule has 0 atom stereocenters. The summed E-state index contributed by atoms with van der Waals surface area (Å²) in [6, 6.07) is 0. The van der Waals surface area contributed by atoms with E-state index in [9.17, 15) is 9.59 Å². The Bertz CT molecular complexity index is 295. The lowest BCUT2D eigenvalue weighted by Gasteiger charge is -2.26. The van der Waals surface area contributed by atoms with E-state index in [0.717, 1.165) is 25.9 Å². The van der Waals surface area contributed by atoms with Gasteiger partial charge in [-0.1, -0.05) is 0 Å². The third kappa shape index (κ3) is 3.70. The van der Waals surface area contributed by atoms with Crippen LogP contribution in [0.25, 0.3) is 0 Å². The highest BCUT2D eigenvalue weighted by Crippen LogP contribution is 2.11. The van der Waals surface area contributed by atoms with Gasteiger partial charge in [0.15, 0.2) is 0 Å². The molecule has 0 aromatic rings. The number of rotatable bonds is 4. The Kier molecular flexibility index (Phi) is 4.99. The number of morpholine rings is 1. The first-order chi connectivity index (χ1) is 8.77. The van der Waals surface area contributed by atoms with Crippen molar-refractivity contribution in [3.8, 4) is 0 Å². The Morgan fingerprint density at radius 2 is 1.33 bits per heavy atom. The molecule has 5 nitrogen and oxygen atoms in total. The quantitative estimate of drug-likeness (QED) is 0.739. The molecule has 0 radical (unpaired) electrons. The standard InChI is InChI=1S/C13H22N2O3/c16-12(14-6-1-2-7-14)4-3-5-13(17)15-8-10-18-11-9-15/h1-11H2. The first-order valence-corrected chi connectivity index (χ1v) is 6.90. The summed E-state index contributed by atoms with van der Waals surface area (Å²) in [7, 11) is 0.